The molecule has 1 aliphatic heterocycles. The van der Waals surface area contributed by atoms with Crippen LogP contribution in [0.4, 0.5) is 0 Å². The first-order valence-corrected chi connectivity index (χ1v) is 12.3. The second kappa shape index (κ2) is 9.87. The van der Waals surface area contributed by atoms with Crippen LogP contribution in [0, 0.1) is 0 Å². The zero-order valence-electron chi connectivity index (χ0n) is 17.8. The summed E-state index contributed by atoms with van der Waals surface area (Å²) in [5, 5.41) is 0.782. The molecule has 7 nitrogen and oxygen atoms in total. The molecule has 1 atom stereocenters. The van der Waals surface area contributed by atoms with Gasteiger partial charge in [0.05, 0.1) is 34.4 Å². The summed E-state index contributed by atoms with van der Waals surface area (Å²) in [7, 11) is -1.31. The number of nitrogens with zero attached hydrogens (tertiary/aromatic N) is 1. The van der Waals surface area contributed by atoms with Gasteiger partial charge in [-0.1, -0.05) is 29.3 Å². The van der Waals surface area contributed by atoms with Gasteiger partial charge in [-0.3, -0.25) is 4.79 Å². The summed E-state index contributed by atoms with van der Waals surface area (Å²) in [5.74, 6) is 0.351. The number of ether oxygens (including phenoxy) is 2. The number of halogens is 2. The van der Waals surface area contributed by atoms with E-state index in [9.17, 15) is 17.8 Å². The van der Waals surface area contributed by atoms with E-state index in [4.69, 9.17) is 32.7 Å². The smallest absolute Gasteiger partial charge is 0.254 e. The van der Waals surface area contributed by atoms with Crippen molar-refractivity contribution in [1.29, 1.82) is 0 Å². The summed E-state index contributed by atoms with van der Waals surface area (Å²) in [4.78, 5) is 15.0. The normalized spacial score (nSPS) is 18.6. The molecule has 0 bridgehead atoms. The zero-order chi connectivity index (χ0) is 23.5. The van der Waals surface area contributed by atoms with Crippen LogP contribution >= 0.6 is 23.2 Å². The van der Waals surface area contributed by atoms with Crippen LogP contribution in [0.15, 0.2) is 36.4 Å². The molecule has 1 saturated heterocycles. The Morgan fingerprint density at radius 2 is 1.75 bits per heavy atom. The standard InChI is InChI=1S/C22H25Cl2NO6S/c1-30-17-10-15(11-18(13-17)31-2)21(26)25-8-7-22(14-25,6-3-9-32(27,28)29)16-4-5-19(23)20(24)12-16/h4-5,10-13H,3,6-9,14H2,1-2H3,(H,27,28,29)/p-1. The van der Waals surface area contributed by atoms with Gasteiger partial charge < -0.3 is 18.9 Å². The predicted octanol–water partition coefficient (Wildman–Crippen LogP) is 4.12. The summed E-state index contributed by atoms with van der Waals surface area (Å²) in [6.45, 7) is 0.810. The van der Waals surface area contributed by atoms with Crippen LogP contribution in [0.1, 0.15) is 35.2 Å². The fraction of sp³-hybridized carbons (Fsp3) is 0.409. The molecule has 1 aliphatic rings. The molecule has 1 unspecified atom stereocenters. The van der Waals surface area contributed by atoms with Gasteiger partial charge in [-0.25, -0.2) is 8.42 Å². The van der Waals surface area contributed by atoms with E-state index in [1.54, 1.807) is 35.2 Å². The van der Waals surface area contributed by atoms with Crippen molar-refractivity contribution in [3.8, 4) is 11.5 Å². The third-order valence-electron chi connectivity index (χ3n) is 5.82. The second-order valence-electron chi connectivity index (χ2n) is 7.85. The van der Waals surface area contributed by atoms with Crippen molar-refractivity contribution in [2.75, 3.05) is 33.1 Å². The van der Waals surface area contributed by atoms with Crippen molar-refractivity contribution in [3.63, 3.8) is 0 Å². The lowest BCUT2D eigenvalue weighted by atomic mass is 9.76. The SMILES string of the molecule is COc1cc(OC)cc(C(=O)N2CCC(CCCS(=O)(=O)[O-])(c3ccc(Cl)c(Cl)c3)C2)c1. The molecule has 174 valence electrons. The fourth-order valence-electron chi connectivity index (χ4n) is 4.16. The highest BCUT2D eigenvalue weighted by Gasteiger charge is 2.41. The minimum atomic E-state index is -4.33. The molecule has 2 aromatic carbocycles. The molecule has 0 saturated carbocycles. The Hall–Kier alpha value is -2.00. The average Bonchev–Trinajstić information content (AvgIpc) is 3.19. The maximum atomic E-state index is 13.3. The molecule has 10 heteroatoms. The van der Waals surface area contributed by atoms with Gasteiger partial charge in [-0.2, -0.15) is 0 Å². The van der Waals surface area contributed by atoms with Gasteiger partial charge in [0.15, 0.2) is 0 Å². The van der Waals surface area contributed by atoms with E-state index in [-0.39, 0.29) is 12.3 Å². The van der Waals surface area contributed by atoms with Gasteiger partial charge in [0.25, 0.3) is 5.91 Å². The number of benzene rings is 2. The number of hydrogen-bond acceptors (Lipinski definition) is 6. The summed E-state index contributed by atoms with van der Waals surface area (Å²) in [6.07, 6.45) is 1.19. The molecule has 0 aliphatic carbocycles. The lowest BCUT2D eigenvalue weighted by molar-refractivity contribution is 0.0781. The molecule has 0 spiro atoms. The largest absolute Gasteiger partial charge is 0.748 e. The molecule has 0 N–H and O–H groups in total. The number of rotatable bonds is 8. The lowest BCUT2D eigenvalue weighted by Crippen LogP contribution is -2.35. The Morgan fingerprint density at radius 1 is 1.09 bits per heavy atom. The Bertz CT molecular complexity index is 1090. The summed E-state index contributed by atoms with van der Waals surface area (Å²) >= 11 is 12.3. The third kappa shape index (κ3) is 5.67. The van der Waals surface area contributed by atoms with Gasteiger partial charge in [-0.05, 0) is 49.1 Å². The van der Waals surface area contributed by atoms with Crippen LogP contribution in [0.2, 0.25) is 10.0 Å². The molecule has 1 heterocycles. The van der Waals surface area contributed by atoms with Crippen molar-refractivity contribution in [2.45, 2.75) is 24.7 Å². The number of amides is 1. The molecule has 0 aromatic heterocycles. The number of carbonyl (C=O) groups excluding carboxylic acids is 1. The van der Waals surface area contributed by atoms with E-state index in [1.165, 1.54) is 14.2 Å². The van der Waals surface area contributed by atoms with E-state index < -0.39 is 21.3 Å². The fourth-order valence-corrected chi connectivity index (χ4v) is 4.95. The number of carbonyl (C=O) groups is 1. The van der Waals surface area contributed by atoms with Gasteiger partial charge in [-0.15, -0.1) is 0 Å². The molecule has 2 aromatic rings. The summed E-state index contributed by atoms with van der Waals surface area (Å²) < 4.78 is 44.0. The molecular formula is C22H24Cl2NO6S-. The lowest BCUT2D eigenvalue weighted by Gasteiger charge is -2.31. The third-order valence-corrected chi connectivity index (χ3v) is 7.35. The predicted molar refractivity (Wildman–Crippen MR) is 122 cm³/mol. The monoisotopic (exact) mass is 500 g/mol. The molecule has 1 amide bonds. The van der Waals surface area contributed by atoms with Crippen LogP contribution in [0.5, 0.6) is 11.5 Å². The van der Waals surface area contributed by atoms with E-state index >= 15 is 0 Å². The summed E-state index contributed by atoms with van der Waals surface area (Å²) in [6, 6.07) is 10.2. The number of likely N-dealkylation sites (tertiary alicyclic amines) is 1. The topological polar surface area (TPSA) is 96.0 Å². The Kier molecular flexibility index (Phi) is 7.60. The molecule has 32 heavy (non-hydrogen) atoms. The van der Waals surface area contributed by atoms with Gasteiger partial charge in [0, 0.05) is 35.9 Å². The van der Waals surface area contributed by atoms with Crippen LogP contribution < -0.4 is 9.47 Å². The Balaban J connectivity index is 1.90. The first kappa shape index (κ1) is 24.6. The van der Waals surface area contributed by atoms with Gasteiger partial charge in [0.1, 0.15) is 11.5 Å². The van der Waals surface area contributed by atoms with Crippen LogP contribution in [-0.4, -0.2) is 56.8 Å². The first-order valence-electron chi connectivity index (χ1n) is 9.98. The molecular weight excluding hydrogens is 477 g/mol. The van der Waals surface area contributed by atoms with Crippen molar-refractivity contribution in [1.82, 2.24) is 4.90 Å². The zero-order valence-corrected chi connectivity index (χ0v) is 20.1. The van der Waals surface area contributed by atoms with E-state index in [0.717, 1.165) is 5.56 Å². The summed E-state index contributed by atoms with van der Waals surface area (Å²) in [5.41, 5.74) is 0.736. The van der Waals surface area contributed by atoms with Crippen molar-refractivity contribution < 1.29 is 27.2 Å². The van der Waals surface area contributed by atoms with E-state index in [1.807, 2.05) is 6.07 Å². The molecule has 3 rings (SSSR count). The Morgan fingerprint density at radius 3 is 2.31 bits per heavy atom. The van der Waals surface area contributed by atoms with Gasteiger partial charge in [0.2, 0.25) is 0 Å². The molecule has 0 radical (unpaired) electrons. The van der Waals surface area contributed by atoms with Crippen molar-refractivity contribution in [2.24, 2.45) is 0 Å². The highest BCUT2D eigenvalue weighted by atomic mass is 35.5. The van der Waals surface area contributed by atoms with Crippen molar-refractivity contribution in [3.05, 3.63) is 57.6 Å². The van der Waals surface area contributed by atoms with E-state index in [0.29, 0.717) is 53.0 Å². The molecule has 1 fully saturated rings. The quantitative estimate of drug-likeness (QED) is 0.505. The van der Waals surface area contributed by atoms with Crippen LogP contribution in [0.25, 0.3) is 0 Å². The van der Waals surface area contributed by atoms with Crippen LogP contribution in [-0.2, 0) is 15.5 Å². The second-order valence-corrected chi connectivity index (χ2v) is 10.2. The first-order chi connectivity index (χ1) is 15.1. The van der Waals surface area contributed by atoms with Crippen LogP contribution in [0.3, 0.4) is 0 Å². The minimum Gasteiger partial charge on any atom is -0.748 e. The van der Waals surface area contributed by atoms with Crippen molar-refractivity contribution >= 4 is 39.2 Å². The van der Waals surface area contributed by atoms with E-state index in [2.05, 4.69) is 0 Å². The Labute approximate surface area is 198 Å². The number of methoxy groups -OCH3 is 2. The highest BCUT2D eigenvalue weighted by Crippen LogP contribution is 2.41. The highest BCUT2D eigenvalue weighted by molar-refractivity contribution is 7.85. The van der Waals surface area contributed by atoms with Gasteiger partial charge >= 0.3 is 0 Å². The minimum absolute atomic E-state index is 0.182. The maximum absolute atomic E-state index is 13.3. The maximum Gasteiger partial charge on any atom is 0.254 e. The average molecular weight is 501 g/mol. The number of hydrogen-bond donors (Lipinski definition) is 0.